The third kappa shape index (κ3) is 4.76. The van der Waals surface area contributed by atoms with Gasteiger partial charge >= 0.3 is 17.7 Å². The molecule has 0 fully saturated rings. The number of nitrogens with one attached hydrogen (secondary N) is 1. The summed E-state index contributed by atoms with van der Waals surface area (Å²) in [5.41, 5.74) is -0.520. The number of benzene rings is 1. The molecule has 1 amide bonds. The maximum Gasteiger partial charge on any atom is 0.408 e. The molecule has 0 aliphatic rings. The topological polar surface area (TPSA) is 94.8 Å². The minimum absolute atomic E-state index is 0.0115. The first-order valence-corrected chi connectivity index (χ1v) is 8.30. The smallest absolute Gasteiger partial charge is 0.408 e. The molecule has 1 atom stereocenters. The van der Waals surface area contributed by atoms with Crippen LogP contribution in [-0.2, 0) is 9.53 Å². The van der Waals surface area contributed by atoms with Crippen LogP contribution >= 0.6 is 11.6 Å². The van der Waals surface area contributed by atoms with E-state index in [1.165, 1.54) is 13.0 Å². The lowest BCUT2D eigenvalue weighted by atomic mass is 10.1. The van der Waals surface area contributed by atoms with E-state index in [-0.39, 0.29) is 16.4 Å². The zero-order valence-electron chi connectivity index (χ0n) is 15.1. The molecule has 1 heterocycles. The summed E-state index contributed by atoms with van der Waals surface area (Å²) in [6.45, 7) is 8.31. The van der Waals surface area contributed by atoms with Crippen molar-refractivity contribution in [3.63, 3.8) is 0 Å². The molecule has 140 valence electrons. The molecule has 0 spiro atoms. The zero-order chi connectivity index (χ0) is 19.6. The Morgan fingerprint density at radius 3 is 2.54 bits per heavy atom. The molecule has 0 aliphatic carbocycles. The number of esters is 1. The van der Waals surface area contributed by atoms with Crippen LogP contribution in [0.4, 0.5) is 4.79 Å². The van der Waals surface area contributed by atoms with Crippen LogP contribution in [0.5, 0.6) is 5.75 Å². The molecule has 0 saturated heterocycles. The van der Waals surface area contributed by atoms with Gasteiger partial charge < -0.3 is 19.2 Å². The van der Waals surface area contributed by atoms with Gasteiger partial charge in [-0.15, -0.1) is 0 Å². The summed E-state index contributed by atoms with van der Waals surface area (Å²) in [6, 6.07) is 3.66. The van der Waals surface area contributed by atoms with E-state index in [1.807, 2.05) is 0 Å². The first-order valence-electron chi connectivity index (χ1n) is 7.92. The van der Waals surface area contributed by atoms with Gasteiger partial charge in [-0.3, -0.25) is 0 Å². The predicted molar refractivity (Wildman–Crippen MR) is 96.7 cm³/mol. The van der Waals surface area contributed by atoms with Gasteiger partial charge in [0, 0.05) is 11.5 Å². The number of halogens is 1. The second-order valence-electron chi connectivity index (χ2n) is 6.78. The van der Waals surface area contributed by atoms with Gasteiger partial charge in [0.15, 0.2) is 0 Å². The summed E-state index contributed by atoms with van der Waals surface area (Å²) >= 11 is 5.87. The summed E-state index contributed by atoms with van der Waals surface area (Å²) in [6.07, 6.45) is -0.725. The number of ether oxygens (including phenoxy) is 2. The summed E-state index contributed by atoms with van der Waals surface area (Å²) in [5, 5.41) is 3.04. The van der Waals surface area contributed by atoms with Crippen molar-refractivity contribution in [2.45, 2.75) is 46.3 Å². The Balaban J connectivity index is 2.12. The van der Waals surface area contributed by atoms with Crippen LogP contribution in [0, 0.1) is 6.92 Å². The zero-order valence-corrected chi connectivity index (χ0v) is 15.9. The molecule has 26 heavy (non-hydrogen) atoms. The fourth-order valence-corrected chi connectivity index (χ4v) is 2.26. The van der Waals surface area contributed by atoms with E-state index in [9.17, 15) is 14.4 Å². The van der Waals surface area contributed by atoms with E-state index in [0.29, 0.717) is 10.9 Å². The Kier molecular flexibility index (Phi) is 5.61. The monoisotopic (exact) mass is 381 g/mol. The summed E-state index contributed by atoms with van der Waals surface area (Å²) < 4.78 is 15.4. The van der Waals surface area contributed by atoms with Crippen LogP contribution in [-0.4, -0.2) is 23.7 Å². The number of rotatable bonds is 3. The molecule has 1 aromatic carbocycles. The SMILES string of the molecule is Cc1c(Cl)c(=O)oc2cc(OC(=O)[C@@H](C)NC(=O)OC(C)(C)C)ccc12. The van der Waals surface area contributed by atoms with Crippen molar-refractivity contribution in [2.75, 3.05) is 0 Å². The third-order valence-corrected chi connectivity index (χ3v) is 3.81. The Morgan fingerprint density at radius 2 is 1.92 bits per heavy atom. The Morgan fingerprint density at radius 1 is 1.27 bits per heavy atom. The number of fused-ring (bicyclic) bond motifs is 1. The van der Waals surface area contributed by atoms with Crippen LogP contribution in [0.25, 0.3) is 11.0 Å². The van der Waals surface area contributed by atoms with Gasteiger partial charge in [0.2, 0.25) is 0 Å². The molecule has 0 saturated carbocycles. The molecule has 0 unspecified atom stereocenters. The Bertz CT molecular complexity index is 912. The molecule has 8 heteroatoms. The van der Waals surface area contributed by atoms with Gasteiger partial charge in [0.1, 0.15) is 28.0 Å². The maximum atomic E-state index is 12.1. The lowest BCUT2D eigenvalue weighted by Crippen LogP contribution is -2.43. The second-order valence-corrected chi connectivity index (χ2v) is 7.15. The second kappa shape index (κ2) is 7.37. The number of alkyl carbamates (subject to hydrolysis) is 1. The minimum Gasteiger partial charge on any atom is -0.444 e. The highest BCUT2D eigenvalue weighted by molar-refractivity contribution is 6.31. The van der Waals surface area contributed by atoms with Gasteiger partial charge in [0.25, 0.3) is 0 Å². The average Bonchev–Trinajstić information content (AvgIpc) is 2.50. The van der Waals surface area contributed by atoms with Crippen molar-refractivity contribution in [1.82, 2.24) is 5.32 Å². The molecule has 2 rings (SSSR count). The van der Waals surface area contributed by atoms with Crippen LogP contribution in [0.3, 0.4) is 0 Å². The number of hydrogen-bond donors (Lipinski definition) is 1. The summed E-state index contributed by atoms with van der Waals surface area (Å²) in [4.78, 5) is 35.5. The largest absolute Gasteiger partial charge is 0.444 e. The maximum absolute atomic E-state index is 12.1. The third-order valence-electron chi connectivity index (χ3n) is 3.37. The minimum atomic E-state index is -0.931. The van der Waals surface area contributed by atoms with Crippen LogP contribution in [0.1, 0.15) is 33.3 Å². The summed E-state index contributed by atoms with van der Waals surface area (Å²) in [7, 11) is 0. The van der Waals surface area contributed by atoms with E-state index < -0.39 is 29.3 Å². The predicted octanol–water partition coefficient (Wildman–Crippen LogP) is 3.57. The standard InChI is InChI=1S/C18H20ClNO6/c1-9-12-7-6-11(8-13(12)25-16(22)14(9)19)24-15(21)10(2)20-17(23)26-18(3,4)5/h6-8,10H,1-5H3,(H,20,23)/t10-/m1/s1. The highest BCUT2D eigenvalue weighted by Crippen LogP contribution is 2.26. The summed E-state index contributed by atoms with van der Waals surface area (Å²) in [5.74, 6) is -0.520. The van der Waals surface area contributed by atoms with Crippen LogP contribution in [0.15, 0.2) is 27.4 Å². The quantitative estimate of drug-likeness (QED) is 0.496. The molecule has 0 aliphatic heterocycles. The van der Waals surface area contributed by atoms with Crippen LogP contribution < -0.4 is 15.7 Å². The Hall–Kier alpha value is -2.54. The van der Waals surface area contributed by atoms with Crippen molar-refractivity contribution in [2.24, 2.45) is 0 Å². The van der Waals surface area contributed by atoms with E-state index in [2.05, 4.69) is 5.32 Å². The number of carbonyl (C=O) groups is 2. The molecule has 1 aromatic heterocycles. The van der Waals surface area contributed by atoms with Gasteiger partial charge in [-0.25, -0.2) is 14.4 Å². The first-order chi connectivity index (χ1) is 12.0. The van der Waals surface area contributed by atoms with Gasteiger partial charge in [-0.05, 0) is 52.3 Å². The fourth-order valence-electron chi connectivity index (χ4n) is 2.12. The van der Waals surface area contributed by atoms with Gasteiger partial charge in [-0.2, -0.15) is 0 Å². The van der Waals surface area contributed by atoms with Crippen molar-refractivity contribution >= 4 is 34.6 Å². The lowest BCUT2D eigenvalue weighted by molar-refractivity contribution is -0.136. The van der Waals surface area contributed by atoms with Crippen molar-refractivity contribution < 1.29 is 23.5 Å². The Labute approximate surface area is 155 Å². The van der Waals surface area contributed by atoms with Gasteiger partial charge in [0.05, 0.1) is 0 Å². The number of aryl methyl sites for hydroxylation is 1. The number of carbonyl (C=O) groups excluding carboxylic acids is 2. The molecular formula is C18H20ClNO6. The van der Waals surface area contributed by atoms with E-state index in [0.717, 1.165) is 0 Å². The molecule has 0 bridgehead atoms. The molecule has 0 radical (unpaired) electrons. The normalized spacial score (nSPS) is 12.5. The highest BCUT2D eigenvalue weighted by Gasteiger charge is 2.22. The van der Waals surface area contributed by atoms with Crippen molar-refractivity contribution in [3.8, 4) is 5.75 Å². The van der Waals surface area contributed by atoms with E-state index >= 15 is 0 Å². The van der Waals surface area contributed by atoms with Crippen LogP contribution in [0.2, 0.25) is 5.02 Å². The van der Waals surface area contributed by atoms with Crippen molar-refractivity contribution in [3.05, 3.63) is 39.2 Å². The molecule has 1 N–H and O–H groups in total. The van der Waals surface area contributed by atoms with E-state index in [1.54, 1.807) is 39.8 Å². The molecular weight excluding hydrogens is 362 g/mol. The first kappa shape index (κ1) is 19.8. The highest BCUT2D eigenvalue weighted by atomic mass is 35.5. The lowest BCUT2D eigenvalue weighted by Gasteiger charge is -2.21. The van der Waals surface area contributed by atoms with Gasteiger partial charge in [-0.1, -0.05) is 11.6 Å². The fraction of sp³-hybridized carbons (Fsp3) is 0.389. The molecule has 2 aromatic rings. The average molecular weight is 382 g/mol. The van der Waals surface area contributed by atoms with Crippen molar-refractivity contribution in [1.29, 1.82) is 0 Å². The number of amides is 1. The number of hydrogen-bond acceptors (Lipinski definition) is 6. The van der Waals surface area contributed by atoms with E-state index in [4.69, 9.17) is 25.5 Å². The molecule has 7 nitrogen and oxygen atoms in total.